The molecule has 12 heavy (non-hydrogen) atoms. The Balaban J connectivity index is 3.08. The van der Waals surface area contributed by atoms with Crippen LogP contribution in [0.2, 0.25) is 0 Å². The van der Waals surface area contributed by atoms with Crippen molar-refractivity contribution in [3.63, 3.8) is 0 Å². The van der Waals surface area contributed by atoms with Crippen LogP contribution in [0.3, 0.4) is 0 Å². The second-order valence-corrected chi connectivity index (χ2v) is 2.23. The average Bonchev–Trinajstić information content (AvgIpc) is 2.05. The zero-order chi connectivity index (χ0) is 9.14. The van der Waals surface area contributed by atoms with Crippen LogP contribution in [0.1, 0.15) is 17.6 Å². The third-order valence-electron chi connectivity index (χ3n) is 1.39. The Kier molecular flexibility index (Phi) is 2.65. The van der Waals surface area contributed by atoms with Crippen LogP contribution in [0.5, 0.6) is 0 Å². The quantitative estimate of drug-likeness (QED) is 0.695. The number of hydrogen-bond acceptors (Lipinski definition) is 2. The fourth-order valence-corrected chi connectivity index (χ4v) is 0.775. The molecule has 0 fully saturated rings. The highest BCUT2D eigenvalue weighted by atomic mass is 19.3. The van der Waals surface area contributed by atoms with Gasteiger partial charge in [-0.1, -0.05) is 0 Å². The second kappa shape index (κ2) is 3.53. The summed E-state index contributed by atoms with van der Waals surface area (Å²) in [5.41, 5.74) is 4.86. The van der Waals surface area contributed by atoms with Crippen molar-refractivity contribution < 1.29 is 13.2 Å². The van der Waals surface area contributed by atoms with Gasteiger partial charge in [0, 0.05) is 12.7 Å². The molecule has 0 aliphatic carbocycles. The van der Waals surface area contributed by atoms with Crippen LogP contribution in [0.4, 0.5) is 13.2 Å². The van der Waals surface area contributed by atoms with Crippen molar-refractivity contribution in [3.05, 3.63) is 29.3 Å². The summed E-state index contributed by atoms with van der Waals surface area (Å²) in [6, 6.07) is 1.02. The van der Waals surface area contributed by atoms with E-state index in [9.17, 15) is 13.2 Å². The van der Waals surface area contributed by atoms with Gasteiger partial charge >= 0.3 is 0 Å². The van der Waals surface area contributed by atoms with Crippen LogP contribution in [0.25, 0.3) is 0 Å². The van der Waals surface area contributed by atoms with Gasteiger partial charge in [-0.15, -0.1) is 0 Å². The summed E-state index contributed by atoms with van der Waals surface area (Å²) in [6.07, 6.45) is -1.70. The molecule has 0 atom stereocenters. The van der Waals surface area contributed by atoms with E-state index in [4.69, 9.17) is 5.73 Å². The van der Waals surface area contributed by atoms with Gasteiger partial charge in [-0.05, 0) is 11.6 Å². The van der Waals surface area contributed by atoms with Crippen LogP contribution in [0.15, 0.2) is 12.3 Å². The summed E-state index contributed by atoms with van der Waals surface area (Å²) >= 11 is 0. The van der Waals surface area contributed by atoms with Gasteiger partial charge in [-0.25, -0.2) is 13.8 Å². The molecule has 0 spiro atoms. The number of hydrogen-bond donors (Lipinski definition) is 1. The molecule has 1 rings (SSSR count). The maximum absolute atomic E-state index is 12.5. The van der Waals surface area contributed by atoms with E-state index in [0.29, 0.717) is 5.56 Å². The van der Waals surface area contributed by atoms with Crippen molar-refractivity contribution in [2.75, 3.05) is 0 Å². The summed E-state index contributed by atoms with van der Waals surface area (Å²) in [5, 5.41) is 0. The number of rotatable bonds is 2. The van der Waals surface area contributed by atoms with E-state index in [0.717, 1.165) is 12.3 Å². The molecule has 0 aromatic carbocycles. The first-order valence-corrected chi connectivity index (χ1v) is 3.27. The van der Waals surface area contributed by atoms with E-state index in [1.54, 1.807) is 0 Å². The van der Waals surface area contributed by atoms with Gasteiger partial charge < -0.3 is 5.73 Å². The Morgan fingerprint density at radius 3 is 2.67 bits per heavy atom. The molecule has 2 N–H and O–H groups in total. The zero-order valence-corrected chi connectivity index (χ0v) is 6.10. The lowest BCUT2D eigenvalue weighted by Crippen LogP contribution is -2.01. The molecule has 0 aliphatic heterocycles. The van der Waals surface area contributed by atoms with Crippen LogP contribution in [-0.4, -0.2) is 4.98 Å². The second-order valence-electron chi connectivity index (χ2n) is 2.23. The van der Waals surface area contributed by atoms with E-state index in [-0.39, 0.29) is 6.54 Å². The Morgan fingerprint density at radius 1 is 1.50 bits per heavy atom. The Bertz CT molecular complexity index is 275. The van der Waals surface area contributed by atoms with E-state index in [1.165, 1.54) is 0 Å². The molecule has 0 radical (unpaired) electrons. The van der Waals surface area contributed by atoms with Gasteiger partial charge in [0.2, 0.25) is 5.95 Å². The fraction of sp³-hybridized carbons (Fsp3) is 0.286. The Labute approximate surface area is 67.2 Å². The number of nitrogens with zero attached hydrogens (tertiary/aromatic N) is 1. The predicted molar refractivity (Wildman–Crippen MR) is 37.0 cm³/mol. The Morgan fingerprint density at radius 2 is 2.17 bits per heavy atom. The molecular weight excluding hydrogens is 169 g/mol. The van der Waals surface area contributed by atoms with Gasteiger partial charge in [-0.3, -0.25) is 0 Å². The first-order chi connectivity index (χ1) is 5.65. The topological polar surface area (TPSA) is 38.9 Å². The standard InChI is InChI=1S/C7H7F3N2/c8-6(9)5-1-4(2-11)3-12-7(5)10/h1,3,6H,2,11H2. The van der Waals surface area contributed by atoms with Crippen molar-refractivity contribution in [2.24, 2.45) is 5.73 Å². The average molecular weight is 176 g/mol. The molecule has 2 nitrogen and oxygen atoms in total. The minimum absolute atomic E-state index is 0.0764. The summed E-state index contributed by atoms with van der Waals surface area (Å²) in [6.45, 7) is 0.0764. The normalized spacial score (nSPS) is 10.8. The third kappa shape index (κ3) is 1.73. The van der Waals surface area contributed by atoms with E-state index >= 15 is 0 Å². The zero-order valence-electron chi connectivity index (χ0n) is 6.10. The molecular formula is C7H7F3N2. The largest absolute Gasteiger partial charge is 0.326 e. The monoisotopic (exact) mass is 176 g/mol. The molecule has 0 aliphatic rings. The first-order valence-electron chi connectivity index (χ1n) is 3.27. The highest BCUT2D eigenvalue weighted by Crippen LogP contribution is 2.21. The molecule has 1 aromatic rings. The van der Waals surface area contributed by atoms with Gasteiger partial charge in [0.15, 0.2) is 0 Å². The number of alkyl halides is 2. The maximum atomic E-state index is 12.5. The minimum atomic E-state index is -2.84. The molecule has 0 saturated heterocycles. The first kappa shape index (κ1) is 8.99. The summed E-state index contributed by atoms with van der Waals surface area (Å²) in [7, 11) is 0. The molecule has 66 valence electrons. The van der Waals surface area contributed by atoms with Gasteiger partial charge in [0.05, 0.1) is 5.56 Å². The summed E-state index contributed by atoms with van der Waals surface area (Å²) < 4.78 is 36.6. The van der Waals surface area contributed by atoms with Crippen molar-refractivity contribution in [1.82, 2.24) is 4.98 Å². The van der Waals surface area contributed by atoms with E-state index in [2.05, 4.69) is 4.98 Å². The van der Waals surface area contributed by atoms with Crippen molar-refractivity contribution in [3.8, 4) is 0 Å². The Hall–Kier alpha value is -1.10. The molecule has 0 bridgehead atoms. The third-order valence-corrected chi connectivity index (χ3v) is 1.39. The van der Waals surface area contributed by atoms with Crippen LogP contribution >= 0.6 is 0 Å². The summed E-state index contributed by atoms with van der Waals surface area (Å²) in [4.78, 5) is 3.14. The molecule has 0 saturated carbocycles. The molecule has 1 aromatic heterocycles. The highest BCUT2D eigenvalue weighted by Gasteiger charge is 2.14. The summed E-state index contributed by atoms with van der Waals surface area (Å²) in [5.74, 6) is -1.14. The van der Waals surface area contributed by atoms with Gasteiger partial charge in [0.1, 0.15) is 0 Å². The lowest BCUT2D eigenvalue weighted by molar-refractivity contribution is 0.145. The van der Waals surface area contributed by atoms with Gasteiger partial charge in [-0.2, -0.15) is 4.39 Å². The number of halogens is 3. The molecule has 0 amide bonds. The lowest BCUT2D eigenvalue weighted by atomic mass is 10.2. The molecule has 1 heterocycles. The van der Waals surface area contributed by atoms with E-state index < -0.39 is 17.9 Å². The van der Waals surface area contributed by atoms with Gasteiger partial charge in [0.25, 0.3) is 6.43 Å². The van der Waals surface area contributed by atoms with Crippen LogP contribution in [0, 0.1) is 5.95 Å². The van der Waals surface area contributed by atoms with E-state index in [1.807, 2.05) is 0 Å². The SMILES string of the molecule is NCc1cnc(F)c(C(F)F)c1. The number of pyridine rings is 1. The van der Waals surface area contributed by atoms with Crippen LogP contribution < -0.4 is 5.73 Å². The van der Waals surface area contributed by atoms with Crippen molar-refractivity contribution in [2.45, 2.75) is 13.0 Å². The predicted octanol–water partition coefficient (Wildman–Crippen LogP) is 1.62. The van der Waals surface area contributed by atoms with Crippen molar-refractivity contribution in [1.29, 1.82) is 0 Å². The van der Waals surface area contributed by atoms with Crippen molar-refractivity contribution >= 4 is 0 Å². The lowest BCUT2D eigenvalue weighted by Gasteiger charge is -2.02. The molecule has 5 heteroatoms. The van der Waals surface area contributed by atoms with Crippen LogP contribution in [-0.2, 0) is 6.54 Å². The number of aromatic nitrogens is 1. The minimum Gasteiger partial charge on any atom is -0.326 e. The maximum Gasteiger partial charge on any atom is 0.268 e. The highest BCUT2D eigenvalue weighted by molar-refractivity contribution is 5.20. The molecule has 0 unspecified atom stereocenters. The fourth-order valence-electron chi connectivity index (χ4n) is 0.775. The smallest absolute Gasteiger partial charge is 0.268 e. The number of nitrogens with two attached hydrogens (primary N) is 1.